The van der Waals surface area contributed by atoms with Gasteiger partial charge in [0.15, 0.2) is 0 Å². The standard InChI is InChI=1S/C12H16F3N3O/c1-7(2)9-4-8(5-10(16)17-9)11(19)18(3)6-12(13,14)15/h4-5,7H,6H2,1-3H3,(H2,16,17). The fourth-order valence-corrected chi connectivity index (χ4v) is 1.55. The Morgan fingerprint density at radius 2 is 2.00 bits per heavy atom. The molecule has 4 nitrogen and oxygen atoms in total. The molecule has 0 saturated carbocycles. The molecule has 2 N–H and O–H groups in total. The van der Waals surface area contributed by atoms with Crippen molar-refractivity contribution in [3.8, 4) is 0 Å². The molecule has 1 aromatic rings. The molecule has 0 fully saturated rings. The molecule has 0 aromatic carbocycles. The quantitative estimate of drug-likeness (QED) is 0.921. The summed E-state index contributed by atoms with van der Waals surface area (Å²) in [5.41, 5.74) is 6.25. The Morgan fingerprint density at radius 3 is 2.47 bits per heavy atom. The van der Waals surface area contributed by atoms with Crippen molar-refractivity contribution in [2.75, 3.05) is 19.3 Å². The normalized spacial score (nSPS) is 11.7. The number of hydrogen-bond acceptors (Lipinski definition) is 3. The number of carbonyl (C=O) groups is 1. The summed E-state index contributed by atoms with van der Waals surface area (Å²) in [7, 11) is 1.10. The number of alkyl halides is 3. The first-order chi connectivity index (χ1) is 8.60. The van der Waals surface area contributed by atoms with E-state index in [0.29, 0.717) is 10.6 Å². The highest BCUT2D eigenvalue weighted by Crippen LogP contribution is 2.20. The summed E-state index contributed by atoms with van der Waals surface area (Å²) in [6.07, 6.45) is -4.43. The lowest BCUT2D eigenvalue weighted by molar-refractivity contribution is -0.138. The first-order valence-corrected chi connectivity index (χ1v) is 5.70. The zero-order valence-corrected chi connectivity index (χ0v) is 11.0. The van der Waals surface area contributed by atoms with Crippen molar-refractivity contribution in [3.05, 3.63) is 23.4 Å². The van der Waals surface area contributed by atoms with Crippen molar-refractivity contribution in [2.45, 2.75) is 25.9 Å². The molecule has 0 saturated heterocycles. The highest BCUT2D eigenvalue weighted by atomic mass is 19.4. The number of amides is 1. The highest BCUT2D eigenvalue weighted by molar-refractivity contribution is 5.94. The monoisotopic (exact) mass is 275 g/mol. The third-order valence-corrected chi connectivity index (χ3v) is 2.47. The van der Waals surface area contributed by atoms with E-state index in [1.165, 1.54) is 12.1 Å². The van der Waals surface area contributed by atoms with Crippen molar-refractivity contribution < 1.29 is 18.0 Å². The maximum Gasteiger partial charge on any atom is 0.406 e. The molecular weight excluding hydrogens is 259 g/mol. The van der Waals surface area contributed by atoms with Crippen LogP contribution in [0.3, 0.4) is 0 Å². The van der Waals surface area contributed by atoms with Crippen LogP contribution >= 0.6 is 0 Å². The van der Waals surface area contributed by atoms with E-state index in [9.17, 15) is 18.0 Å². The van der Waals surface area contributed by atoms with E-state index in [4.69, 9.17) is 5.73 Å². The topological polar surface area (TPSA) is 59.2 Å². The van der Waals surface area contributed by atoms with Crippen LogP contribution in [0.5, 0.6) is 0 Å². The van der Waals surface area contributed by atoms with Gasteiger partial charge in [0.25, 0.3) is 5.91 Å². The summed E-state index contributed by atoms with van der Waals surface area (Å²) in [6.45, 7) is 2.41. The third-order valence-electron chi connectivity index (χ3n) is 2.47. The number of nitrogens with zero attached hydrogens (tertiary/aromatic N) is 2. The van der Waals surface area contributed by atoms with Crippen LogP contribution in [0.2, 0.25) is 0 Å². The van der Waals surface area contributed by atoms with Crippen molar-refractivity contribution >= 4 is 11.7 Å². The molecule has 0 aliphatic heterocycles. The zero-order chi connectivity index (χ0) is 14.8. The van der Waals surface area contributed by atoms with Gasteiger partial charge in [-0.05, 0) is 18.1 Å². The van der Waals surface area contributed by atoms with Gasteiger partial charge in [-0.25, -0.2) is 4.98 Å². The number of rotatable bonds is 3. The van der Waals surface area contributed by atoms with Crippen LogP contribution in [-0.2, 0) is 0 Å². The lowest BCUT2D eigenvalue weighted by Gasteiger charge is -2.19. The molecule has 1 rings (SSSR count). The van der Waals surface area contributed by atoms with E-state index >= 15 is 0 Å². The van der Waals surface area contributed by atoms with Crippen molar-refractivity contribution in [3.63, 3.8) is 0 Å². The Hall–Kier alpha value is -1.79. The van der Waals surface area contributed by atoms with Crippen molar-refractivity contribution in [2.24, 2.45) is 0 Å². The van der Waals surface area contributed by atoms with E-state index < -0.39 is 18.6 Å². The number of carbonyl (C=O) groups excluding carboxylic acids is 1. The van der Waals surface area contributed by atoms with Crippen LogP contribution in [0.1, 0.15) is 35.8 Å². The number of pyridine rings is 1. The molecule has 0 aliphatic rings. The Labute approximate surface area is 109 Å². The predicted octanol–water partition coefficient (Wildman–Crippen LogP) is 2.42. The lowest BCUT2D eigenvalue weighted by Crippen LogP contribution is -2.35. The number of nitrogens with two attached hydrogens (primary N) is 1. The summed E-state index contributed by atoms with van der Waals surface area (Å²) < 4.78 is 36.7. The molecule has 1 amide bonds. The van der Waals surface area contributed by atoms with Gasteiger partial charge in [-0.15, -0.1) is 0 Å². The van der Waals surface area contributed by atoms with E-state index in [1.54, 1.807) is 0 Å². The average molecular weight is 275 g/mol. The number of halogens is 3. The maximum atomic E-state index is 12.2. The zero-order valence-electron chi connectivity index (χ0n) is 11.0. The van der Waals surface area contributed by atoms with E-state index in [0.717, 1.165) is 7.05 Å². The summed E-state index contributed by atoms with van der Waals surface area (Å²) >= 11 is 0. The molecule has 1 aromatic heterocycles. The first kappa shape index (κ1) is 15.3. The van der Waals surface area contributed by atoms with Crippen molar-refractivity contribution in [1.29, 1.82) is 0 Å². The summed E-state index contributed by atoms with van der Waals surface area (Å²) in [6, 6.07) is 2.75. The van der Waals surface area contributed by atoms with Gasteiger partial charge in [0.2, 0.25) is 0 Å². The molecule has 19 heavy (non-hydrogen) atoms. The van der Waals surface area contributed by atoms with Crippen LogP contribution < -0.4 is 5.73 Å². The second kappa shape index (κ2) is 5.46. The van der Waals surface area contributed by atoms with Gasteiger partial charge in [0, 0.05) is 18.3 Å². The molecule has 106 valence electrons. The average Bonchev–Trinajstić information content (AvgIpc) is 2.24. The van der Waals surface area contributed by atoms with Gasteiger partial charge < -0.3 is 10.6 Å². The van der Waals surface area contributed by atoms with Gasteiger partial charge in [0.05, 0.1) is 0 Å². The molecule has 0 bridgehead atoms. The largest absolute Gasteiger partial charge is 0.406 e. The summed E-state index contributed by atoms with van der Waals surface area (Å²) in [5, 5.41) is 0. The second-order valence-corrected chi connectivity index (χ2v) is 4.64. The maximum absolute atomic E-state index is 12.2. The van der Waals surface area contributed by atoms with Gasteiger partial charge in [0.1, 0.15) is 12.4 Å². The van der Waals surface area contributed by atoms with E-state index in [-0.39, 0.29) is 17.3 Å². The van der Waals surface area contributed by atoms with E-state index in [1.807, 2.05) is 13.8 Å². The SMILES string of the molecule is CC(C)c1cc(C(=O)N(C)CC(F)(F)F)cc(N)n1. The van der Waals surface area contributed by atoms with Gasteiger partial charge >= 0.3 is 6.18 Å². The Kier molecular flexibility index (Phi) is 4.39. The number of anilines is 1. The number of aromatic nitrogens is 1. The van der Waals surface area contributed by atoms with Crippen LogP contribution in [0, 0.1) is 0 Å². The molecule has 0 atom stereocenters. The van der Waals surface area contributed by atoms with Gasteiger partial charge in [-0.1, -0.05) is 13.8 Å². The minimum absolute atomic E-state index is 0.0305. The number of nitrogen functional groups attached to an aromatic ring is 1. The van der Waals surface area contributed by atoms with Crippen LogP contribution in [0.25, 0.3) is 0 Å². The summed E-state index contributed by atoms with van der Waals surface area (Å²) in [4.78, 5) is 16.5. The second-order valence-electron chi connectivity index (χ2n) is 4.64. The molecule has 0 aliphatic carbocycles. The number of hydrogen-bond donors (Lipinski definition) is 1. The third kappa shape index (κ3) is 4.42. The van der Waals surface area contributed by atoms with Crippen LogP contribution in [-0.4, -0.2) is 35.6 Å². The Morgan fingerprint density at radius 1 is 1.42 bits per heavy atom. The predicted molar refractivity (Wildman–Crippen MR) is 65.8 cm³/mol. The molecule has 1 heterocycles. The fourth-order valence-electron chi connectivity index (χ4n) is 1.55. The Bertz CT molecular complexity index is 472. The van der Waals surface area contributed by atoms with Gasteiger partial charge in [-0.2, -0.15) is 13.2 Å². The fraction of sp³-hybridized carbons (Fsp3) is 0.500. The van der Waals surface area contributed by atoms with Crippen LogP contribution in [0.15, 0.2) is 12.1 Å². The highest BCUT2D eigenvalue weighted by Gasteiger charge is 2.31. The Balaban J connectivity index is 2.99. The molecular formula is C12H16F3N3O. The minimum atomic E-state index is -4.43. The molecule has 0 radical (unpaired) electrons. The lowest BCUT2D eigenvalue weighted by atomic mass is 10.1. The van der Waals surface area contributed by atoms with E-state index in [2.05, 4.69) is 4.98 Å². The molecule has 7 heteroatoms. The van der Waals surface area contributed by atoms with Gasteiger partial charge in [-0.3, -0.25) is 4.79 Å². The summed E-state index contributed by atoms with van der Waals surface area (Å²) in [5.74, 6) is -0.578. The first-order valence-electron chi connectivity index (χ1n) is 5.70. The molecule has 0 spiro atoms. The van der Waals surface area contributed by atoms with Crippen LogP contribution in [0.4, 0.5) is 19.0 Å². The minimum Gasteiger partial charge on any atom is -0.384 e. The smallest absolute Gasteiger partial charge is 0.384 e. The van der Waals surface area contributed by atoms with Crippen molar-refractivity contribution in [1.82, 2.24) is 9.88 Å². The molecule has 0 unspecified atom stereocenters.